The van der Waals surface area contributed by atoms with Crippen molar-refractivity contribution >= 4 is 27.5 Å². The molecule has 1 aliphatic carbocycles. The molecule has 1 aliphatic rings. The van der Waals surface area contributed by atoms with E-state index in [0.717, 1.165) is 35.1 Å². The van der Waals surface area contributed by atoms with Gasteiger partial charge in [0.1, 0.15) is 5.84 Å². The maximum atomic E-state index is 9.30. The highest BCUT2D eigenvalue weighted by molar-refractivity contribution is 9.10. The van der Waals surface area contributed by atoms with Gasteiger partial charge in [0.2, 0.25) is 0 Å². The van der Waals surface area contributed by atoms with Gasteiger partial charge >= 0.3 is 0 Å². The van der Waals surface area contributed by atoms with Crippen molar-refractivity contribution in [3.05, 3.63) is 28.2 Å². The predicted octanol–water partition coefficient (Wildman–Crippen LogP) is 1.94. The molecule has 98 valence electrons. The number of hydrogen-bond donors (Lipinski definition) is 3. The Kier molecular flexibility index (Phi) is 3.92. The van der Waals surface area contributed by atoms with Crippen LogP contribution in [0.5, 0.6) is 0 Å². The molecule has 1 aromatic rings. The van der Waals surface area contributed by atoms with E-state index in [-0.39, 0.29) is 11.9 Å². The van der Waals surface area contributed by atoms with E-state index in [0.29, 0.717) is 5.92 Å². The molecular weight excluding hydrogens is 294 g/mol. The maximum absolute atomic E-state index is 9.30. The molecule has 4 nitrogen and oxygen atoms in total. The van der Waals surface area contributed by atoms with Crippen LogP contribution >= 0.6 is 15.9 Å². The van der Waals surface area contributed by atoms with Crippen molar-refractivity contribution in [1.29, 1.82) is 5.41 Å². The maximum Gasteiger partial charge on any atom is 0.124 e. The second-order valence-corrected chi connectivity index (χ2v) is 5.86. The van der Waals surface area contributed by atoms with Crippen LogP contribution < -0.4 is 10.6 Å². The summed E-state index contributed by atoms with van der Waals surface area (Å²) in [5.41, 5.74) is 7.32. The lowest BCUT2D eigenvalue weighted by molar-refractivity contribution is 0.0465. The van der Waals surface area contributed by atoms with Crippen molar-refractivity contribution in [2.75, 3.05) is 18.5 Å². The van der Waals surface area contributed by atoms with E-state index >= 15 is 0 Å². The SMILES string of the molecule is CN(CC1CC(O)C1)c1ccc(Br)cc1C(=N)N. The molecular formula is C13H18BrN3O. The van der Waals surface area contributed by atoms with Gasteiger partial charge in [0.25, 0.3) is 0 Å². The molecule has 0 saturated heterocycles. The molecule has 18 heavy (non-hydrogen) atoms. The van der Waals surface area contributed by atoms with Gasteiger partial charge in [-0.25, -0.2) is 0 Å². The Balaban J connectivity index is 2.13. The van der Waals surface area contributed by atoms with Gasteiger partial charge in [0.15, 0.2) is 0 Å². The Hall–Kier alpha value is -1.07. The molecule has 0 spiro atoms. The molecule has 0 bridgehead atoms. The van der Waals surface area contributed by atoms with Crippen LogP contribution in [-0.4, -0.2) is 30.6 Å². The Morgan fingerprint density at radius 3 is 2.78 bits per heavy atom. The van der Waals surface area contributed by atoms with E-state index in [1.807, 2.05) is 25.2 Å². The first-order chi connectivity index (χ1) is 8.47. The minimum absolute atomic E-state index is 0.0757. The predicted molar refractivity (Wildman–Crippen MR) is 77.2 cm³/mol. The minimum Gasteiger partial charge on any atom is -0.393 e. The molecule has 1 aromatic carbocycles. The number of aliphatic hydroxyl groups is 1. The van der Waals surface area contributed by atoms with E-state index in [1.165, 1.54) is 0 Å². The van der Waals surface area contributed by atoms with Gasteiger partial charge in [-0.15, -0.1) is 0 Å². The topological polar surface area (TPSA) is 73.3 Å². The van der Waals surface area contributed by atoms with Crippen LogP contribution in [0.25, 0.3) is 0 Å². The number of amidine groups is 1. The van der Waals surface area contributed by atoms with Gasteiger partial charge in [-0.3, -0.25) is 5.41 Å². The number of rotatable bonds is 4. The average Bonchev–Trinajstić information content (AvgIpc) is 2.26. The molecule has 0 unspecified atom stereocenters. The van der Waals surface area contributed by atoms with Crippen molar-refractivity contribution in [3.8, 4) is 0 Å². The largest absolute Gasteiger partial charge is 0.393 e. The molecule has 1 saturated carbocycles. The molecule has 0 atom stereocenters. The number of nitrogens with one attached hydrogen (secondary N) is 1. The van der Waals surface area contributed by atoms with Crippen LogP contribution in [0.2, 0.25) is 0 Å². The standard InChI is InChI=1S/C13H18BrN3O/c1-17(7-8-4-10(18)5-8)12-3-2-9(14)6-11(12)13(15)16/h2-3,6,8,10,18H,4-5,7H2,1H3,(H3,15,16). The molecule has 4 N–H and O–H groups in total. The zero-order valence-electron chi connectivity index (χ0n) is 10.4. The number of benzene rings is 1. The van der Waals surface area contributed by atoms with Gasteiger partial charge in [0.05, 0.1) is 6.10 Å². The third-order valence-electron chi connectivity index (χ3n) is 3.40. The van der Waals surface area contributed by atoms with Crippen LogP contribution in [0, 0.1) is 11.3 Å². The third kappa shape index (κ3) is 2.84. The smallest absolute Gasteiger partial charge is 0.124 e. The molecule has 1 fully saturated rings. The first-order valence-corrected chi connectivity index (χ1v) is 6.80. The fraction of sp³-hybridized carbons (Fsp3) is 0.462. The van der Waals surface area contributed by atoms with Crippen LogP contribution in [0.15, 0.2) is 22.7 Å². The summed E-state index contributed by atoms with van der Waals surface area (Å²) in [6, 6.07) is 5.79. The molecule has 2 rings (SSSR count). The Labute approximate surface area is 115 Å². The zero-order chi connectivity index (χ0) is 13.3. The Bertz CT molecular complexity index is 458. The van der Waals surface area contributed by atoms with Gasteiger partial charge in [-0.05, 0) is 37.0 Å². The lowest BCUT2D eigenvalue weighted by Gasteiger charge is -2.35. The third-order valence-corrected chi connectivity index (χ3v) is 3.90. The number of nitrogens with zero attached hydrogens (tertiary/aromatic N) is 1. The fourth-order valence-corrected chi connectivity index (χ4v) is 2.75. The highest BCUT2D eigenvalue weighted by Crippen LogP contribution is 2.30. The quantitative estimate of drug-likeness (QED) is 0.587. The normalized spacial score (nSPS) is 22.4. The first-order valence-electron chi connectivity index (χ1n) is 6.00. The number of nitrogen functional groups attached to an aromatic ring is 1. The minimum atomic E-state index is -0.124. The summed E-state index contributed by atoms with van der Waals surface area (Å²) < 4.78 is 0.920. The van der Waals surface area contributed by atoms with Gasteiger partial charge in [-0.2, -0.15) is 0 Å². The van der Waals surface area contributed by atoms with Crippen LogP contribution in [0.4, 0.5) is 5.69 Å². The monoisotopic (exact) mass is 311 g/mol. The Morgan fingerprint density at radius 1 is 1.56 bits per heavy atom. The van der Waals surface area contributed by atoms with E-state index in [2.05, 4.69) is 20.8 Å². The van der Waals surface area contributed by atoms with Crippen LogP contribution in [0.3, 0.4) is 0 Å². The van der Waals surface area contributed by atoms with Gasteiger partial charge in [0, 0.05) is 29.3 Å². The molecule has 0 aromatic heterocycles. The van der Waals surface area contributed by atoms with E-state index < -0.39 is 0 Å². The lowest BCUT2D eigenvalue weighted by atomic mass is 9.82. The summed E-state index contributed by atoms with van der Waals surface area (Å²) >= 11 is 3.39. The molecule has 0 heterocycles. The van der Waals surface area contributed by atoms with Crippen molar-refractivity contribution in [1.82, 2.24) is 0 Å². The summed E-state index contributed by atoms with van der Waals surface area (Å²) in [7, 11) is 2.00. The van der Waals surface area contributed by atoms with E-state index in [4.69, 9.17) is 11.1 Å². The number of anilines is 1. The highest BCUT2D eigenvalue weighted by atomic mass is 79.9. The van der Waals surface area contributed by atoms with Gasteiger partial charge < -0.3 is 15.7 Å². The Morgan fingerprint density at radius 2 is 2.22 bits per heavy atom. The fourth-order valence-electron chi connectivity index (χ4n) is 2.39. The number of nitrogens with two attached hydrogens (primary N) is 1. The van der Waals surface area contributed by atoms with Crippen molar-refractivity contribution in [2.24, 2.45) is 11.7 Å². The number of aliphatic hydroxyl groups excluding tert-OH is 1. The average molecular weight is 312 g/mol. The summed E-state index contributed by atoms with van der Waals surface area (Å²) in [5.74, 6) is 0.611. The van der Waals surface area contributed by atoms with Crippen molar-refractivity contribution in [2.45, 2.75) is 18.9 Å². The number of halogens is 1. The molecule has 0 aliphatic heterocycles. The molecule has 0 radical (unpaired) electrons. The summed E-state index contributed by atoms with van der Waals surface area (Å²) in [6.45, 7) is 0.888. The second-order valence-electron chi connectivity index (χ2n) is 4.95. The summed E-state index contributed by atoms with van der Waals surface area (Å²) in [6.07, 6.45) is 1.62. The highest BCUT2D eigenvalue weighted by Gasteiger charge is 2.28. The summed E-state index contributed by atoms with van der Waals surface area (Å²) in [5, 5.41) is 16.9. The van der Waals surface area contributed by atoms with Gasteiger partial charge in [-0.1, -0.05) is 15.9 Å². The molecule has 5 heteroatoms. The van der Waals surface area contributed by atoms with E-state index in [1.54, 1.807) is 0 Å². The van der Waals surface area contributed by atoms with Crippen LogP contribution in [-0.2, 0) is 0 Å². The number of hydrogen-bond acceptors (Lipinski definition) is 3. The van der Waals surface area contributed by atoms with E-state index in [9.17, 15) is 5.11 Å². The second kappa shape index (κ2) is 5.28. The molecule has 0 amide bonds. The zero-order valence-corrected chi connectivity index (χ0v) is 11.9. The van der Waals surface area contributed by atoms with Crippen molar-refractivity contribution in [3.63, 3.8) is 0 Å². The van der Waals surface area contributed by atoms with Crippen LogP contribution in [0.1, 0.15) is 18.4 Å². The summed E-state index contributed by atoms with van der Waals surface area (Å²) in [4.78, 5) is 2.11. The van der Waals surface area contributed by atoms with Crippen molar-refractivity contribution < 1.29 is 5.11 Å². The lowest BCUT2D eigenvalue weighted by Crippen LogP contribution is -2.37. The first kappa shape index (κ1) is 13.4.